The number of fused-ring (bicyclic) bond motifs is 1. The first-order chi connectivity index (χ1) is 12.3. The van der Waals surface area contributed by atoms with Crippen LogP contribution in [0.5, 0.6) is 0 Å². The smallest absolute Gasteiger partial charge is 0.303 e. The van der Waals surface area contributed by atoms with Crippen molar-refractivity contribution < 1.29 is 23.8 Å². The number of aliphatic hydroxyl groups excluding tert-OH is 1. The fourth-order valence-electron chi connectivity index (χ4n) is 4.10. The quantitative estimate of drug-likeness (QED) is 0.794. The van der Waals surface area contributed by atoms with Crippen LogP contribution in [0.25, 0.3) is 0 Å². The van der Waals surface area contributed by atoms with E-state index in [-0.39, 0.29) is 53.5 Å². The Hall–Kier alpha value is -1.74. The molecule has 0 aromatic carbocycles. The van der Waals surface area contributed by atoms with Crippen LogP contribution in [0.1, 0.15) is 25.5 Å². The van der Waals surface area contributed by atoms with E-state index < -0.39 is 24.2 Å². The highest BCUT2D eigenvalue weighted by molar-refractivity contribution is 6.33. The lowest BCUT2D eigenvalue weighted by atomic mass is 10.0. The number of nitrogens with zero attached hydrogens (tertiary/aromatic N) is 4. The van der Waals surface area contributed by atoms with Crippen LogP contribution in [0.15, 0.2) is 0 Å². The number of carboxylic acids is 1. The summed E-state index contributed by atoms with van der Waals surface area (Å²) in [6, 6.07) is -0.249. The van der Waals surface area contributed by atoms with Crippen LogP contribution in [0.3, 0.4) is 0 Å². The van der Waals surface area contributed by atoms with E-state index >= 15 is 0 Å². The molecule has 3 aliphatic rings. The van der Waals surface area contributed by atoms with Gasteiger partial charge in [-0.2, -0.15) is 4.98 Å². The molecule has 4 rings (SSSR count). The zero-order chi connectivity index (χ0) is 18.7. The molecule has 142 valence electrons. The van der Waals surface area contributed by atoms with Crippen molar-refractivity contribution in [1.82, 2.24) is 9.97 Å². The SMILES string of the molecule is C[C@H]1[C@H](O)CN1c1nc(C(F)F)c(Cl)c(N2C[C@@H]3C(CC(=O)O)[C@@H]3C2)n1. The molecule has 0 radical (unpaired) electrons. The number of halogens is 3. The van der Waals surface area contributed by atoms with Gasteiger partial charge in [-0.25, -0.2) is 13.8 Å². The molecule has 1 aromatic heterocycles. The molecule has 7 nitrogen and oxygen atoms in total. The fraction of sp³-hybridized carbons (Fsp3) is 0.688. The van der Waals surface area contributed by atoms with Crippen molar-refractivity contribution in [3.63, 3.8) is 0 Å². The number of hydrogen-bond acceptors (Lipinski definition) is 6. The lowest BCUT2D eigenvalue weighted by Gasteiger charge is -2.43. The molecule has 0 amide bonds. The van der Waals surface area contributed by atoms with E-state index in [1.54, 1.807) is 11.8 Å². The van der Waals surface area contributed by atoms with Crippen molar-refractivity contribution in [2.75, 3.05) is 29.4 Å². The second-order valence-electron chi connectivity index (χ2n) is 7.30. The molecule has 0 bridgehead atoms. The molecule has 2 N–H and O–H groups in total. The summed E-state index contributed by atoms with van der Waals surface area (Å²) in [5.74, 6) is 0.204. The number of carbonyl (C=O) groups is 1. The van der Waals surface area contributed by atoms with Gasteiger partial charge in [0, 0.05) is 26.1 Å². The highest BCUT2D eigenvalue weighted by atomic mass is 35.5. The van der Waals surface area contributed by atoms with E-state index in [2.05, 4.69) is 9.97 Å². The Bertz CT molecular complexity index is 740. The van der Waals surface area contributed by atoms with Gasteiger partial charge in [0.1, 0.15) is 10.7 Å². The maximum absolute atomic E-state index is 13.4. The minimum atomic E-state index is -2.83. The van der Waals surface area contributed by atoms with E-state index in [0.717, 1.165) is 0 Å². The number of aromatic nitrogens is 2. The summed E-state index contributed by atoms with van der Waals surface area (Å²) in [5.41, 5.74) is -0.511. The molecule has 1 saturated carbocycles. The maximum atomic E-state index is 13.4. The molecule has 1 aromatic rings. The van der Waals surface area contributed by atoms with Gasteiger partial charge in [-0.15, -0.1) is 0 Å². The number of carboxylic acid groups (broad SMARTS) is 1. The van der Waals surface area contributed by atoms with Crippen LogP contribution in [0, 0.1) is 17.8 Å². The van der Waals surface area contributed by atoms with Crippen LogP contribution in [-0.2, 0) is 4.79 Å². The Labute approximate surface area is 153 Å². The standard InChI is InChI=1S/C16H19ClF2N4O3/c1-6-10(24)5-23(6)16-20-13(14(18)19)12(17)15(21-16)22-3-8-7(2-11(25)26)9(8)4-22/h6-10,14,24H,2-5H2,1H3,(H,25,26)/t6-,7?,8-,9+,10+/m0/s1. The third-order valence-electron chi connectivity index (χ3n) is 5.82. The summed E-state index contributed by atoms with van der Waals surface area (Å²) in [4.78, 5) is 22.7. The number of rotatable bonds is 5. The first-order valence-corrected chi connectivity index (χ1v) is 8.92. The van der Waals surface area contributed by atoms with Gasteiger partial charge in [0.05, 0.1) is 12.1 Å². The molecule has 2 aliphatic heterocycles. The summed E-state index contributed by atoms with van der Waals surface area (Å²) in [5, 5.41) is 18.4. The molecular weight excluding hydrogens is 370 g/mol. The molecule has 1 aliphatic carbocycles. The number of aliphatic carboxylic acids is 1. The second-order valence-corrected chi connectivity index (χ2v) is 7.68. The van der Waals surface area contributed by atoms with Crippen molar-refractivity contribution in [3.05, 3.63) is 10.7 Å². The fourth-order valence-corrected chi connectivity index (χ4v) is 4.39. The van der Waals surface area contributed by atoms with Crippen molar-refractivity contribution in [2.45, 2.75) is 31.9 Å². The van der Waals surface area contributed by atoms with Crippen LogP contribution in [0.4, 0.5) is 20.5 Å². The summed E-state index contributed by atoms with van der Waals surface area (Å²) in [6.45, 7) is 3.17. The number of β-amino-alcohol motifs (C(OH)–C–C–N with tert-alkyl or cyclic N) is 1. The van der Waals surface area contributed by atoms with Gasteiger partial charge in [-0.1, -0.05) is 11.6 Å². The Kier molecular flexibility index (Phi) is 4.18. The van der Waals surface area contributed by atoms with E-state index in [4.69, 9.17) is 16.7 Å². The highest BCUT2D eigenvalue weighted by Crippen LogP contribution is 2.55. The molecule has 3 fully saturated rings. The number of aliphatic hydroxyl groups is 1. The zero-order valence-electron chi connectivity index (χ0n) is 14.0. The Morgan fingerprint density at radius 1 is 1.31 bits per heavy atom. The third-order valence-corrected chi connectivity index (χ3v) is 6.19. The van der Waals surface area contributed by atoms with Crippen molar-refractivity contribution in [3.8, 4) is 0 Å². The Morgan fingerprint density at radius 3 is 2.46 bits per heavy atom. The molecule has 26 heavy (non-hydrogen) atoms. The first kappa shape index (κ1) is 17.7. The molecule has 0 spiro atoms. The summed E-state index contributed by atoms with van der Waals surface area (Å²) in [7, 11) is 0. The number of hydrogen-bond donors (Lipinski definition) is 2. The van der Waals surface area contributed by atoms with Gasteiger partial charge >= 0.3 is 5.97 Å². The first-order valence-electron chi connectivity index (χ1n) is 8.55. The summed E-state index contributed by atoms with van der Waals surface area (Å²) < 4.78 is 26.8. The topological polar surface area (TPSA) is 89.8 Å². The van der Waals surface area contributed by atoms with Crippen molar-refractivity contribution >= 4 is 29.3 Å². The summed E-state index contributed by atoms with van der Waals surface area (Å²) >= 11 is 6.16. The van der Waals surface area contributed by atoms with Gasteiger partial charge in [0.2, 0.25) is 5.95 Å². The average molecular weight is 389 g/mol. The Morgan fingerprint density at radius 2 is 1.96 bits per heavy atom. The lowest BCUT2D eigenvalue weighted by molar-refractivity contribution is -0.137. The normalized spacial score (nSPS) is 32.6. The predicted molar refractivity (Wildman–Crippen MR) is 89.7 cm³/mol. The molecular formula is C16H19ClF2N4O3. The zero-order valence-corrected chi connectivity index (χ0v) is 14.8. The second kappa shape index (κ2) is 6.16. The van der Waals surface area contributed by atoms with Crippen LogP contribution in [-0.4, -0.2) is 57.9 Å². The lowest BCUT2D eigenvalue weighted by Crippen LogP contribution is -2.59. The largest absolute Gasteiger partial charge is 0.481 e. The predicted octanol–water partition coefficient (Wildman–Crippen LogP) is 1.79. The minimum Gasteiger partial charge on any atom is -0.481 e. The summed E-state index contributed by atoms with van der Waals surface area (Å²) in [6.07, 6.45) is -3.23. The van der Waals surface area contributed by atoms with Crippen LogP contribution < -0.4 is 9.80 Å². The Balaban J connectivity index is 1.58. The number of piperidine rings is 1. The number of anilines is 2. The monoisotopic (exact) mass is 388 g/mol. The maximum Gasteiger partial charge on any atom is 0.303 e. The molecule has 2 saturated heterocycles. The van der Waals surface area contributed by atoms with Gasteiger partial charge in [-0.3, -0.25) is 4.79 Å². The van der Waals surface area contributed by atoms with Gasteiger partial charge in [-0.05, 0) is 24.7 Å². The van der Waals surface area contributed by atoms with Gasteiger partial charge in [0.25, 0.3) is 6.43 Å². The van der Waals surface area contributed by atoms with Crippen LogP contribution in [0.2, 0.25) is 5.02 Å². The van der Waals surface area contributed by atoms with Crippen LogP contribution >= 0.6 is 11.6 Å². The third kappa shape index (κ3) is 2.77. The minimum absolute atomic E-state index is 0.136. The van der Waals surface area contributed by atoms with Gasteiger partial charge < -0.3 is 20.0 Å². The molecule has 10 heteroatoms. The molecule has 3 heterocycles. The van der Waals surface area contributed by atoms with Crippen molar-refractivity contribution in [2.24, 2.45) is 17.8 Å². The van der Waals surface area contributed by atoms with E-state index in [1.807, 2.05) is 4.90 Å². The average Bonchev–Trinajstić information content (AvgIpc) is 3.02. The van der Waals surface area contributed by atoms with E-state index in [0.29, 0.717) is 13.1 Å². The highest BCUT2D eigenvalue weighted by Gasteiger charge is 2.56. The van der Waals surface area contributed by atoms with Gasteiger partial charge in [0.15, 0.2) is 5.82 Å². The van der Waals surface area contributed by atoms with Crippen molar-refractivity contribution in [1.29, 1.82) is 0 Å². The molecule has 1 unspecified atom stereocenters. The molecule has 5 atom stereocenters. The van der Waals surface area contributed by atoms with E-state index in [9.17, 15) is 18.7 Å². The number of alkyl halides is 2. The van der Waals surface area contributed by atoms with E-state index in [1.165, 1.54) is 0 Å².